The van der Waals surface area contributed by atoms with Gasteiger partial charge in [-0.2, -0.15) is 0 Å². The summed E-state index contributed by atoms with van der Waals surface area (Å²) in [7, 11) is -2.28. The molecule has 0 radical (unpaired) electrons. The second-order valence-electron chi connectivity index (χ2n) is 7.29. The Morgan fingerprint density at radius 2 is 1.66 bits per heavy atom. The van der Waals surface area contributed by atoms with Crippen LogP contribution in [0.25, 0.3) is 0 Å². The Hall–Kier alpha value is -4.03. The monoisotopic (exact) mass is 502 g/mol. The highest BCUT2D eigenvalue weighted by atomic mass is 32.2. The summed E-state index contributed by atoms with van der Waals surface area (Å²) in [5, 5.41) is 13.5. The van der Waals surface area contributed by atoms with Gasteiger partial charge in [-0.25, -0.2) is 22.3 Å². The number of benzene rings is 3. The Kier molecular flexibility index (Phi) is 8.34. The topological polar surface area (TPSA) is 131 Å². The maximum atomic E-state index is 13.4. The molecular formula is C23H23FN4O6S. The zero-order chi connectivity index (χ0) is 25.4. The lowest BCUT2D eigenvalue weighted by molar-refractivity contribution is -0.384. The van der Waals surface area contributed by atoms with Crippen molar-refractivity contribution >= 4 is 33.1 Å². The molecule has 3 aromatic rings. The summed E-state index contributed by atoms with van der Waals surface area (Å²) in [6.07, 6.45) is 0.250. The lowest BCUT2D eigenvalue weighted by Gasteiger charge is -2.23. The van der Waals surface area contributed by atoms with Crippen molar-refractivity contribution in [2.75, 3.05) is 30.4 Å². The number of nitrogens with zero attached hydrogens (tertiary/aromatic N) is 2. The first-order valence-corrected chi connectivity index (χ1v) is 11.9. The zero-order valence-electron chi connectivity index (χ0n) is 18.7. The number of nitrogens with one attached hydrogen (secondary N) is 2. The number of halogens is 1. The molecule has 0 spiro atoms. The second kappa shape index (κ2) is 11.4. The van der Waals surface area contributed by atoms with E-state index in [-0.39, 0.29) is 30.1 Å². The van der Waals surface area contributed by atoms with Crippen LogP contribution in [0.4, 0.5) is 26.2 Å². The molecule has 0 saturated carbocycles. The molecule has 0 aliphatic heterocycles. The van der Waals surface area contributed by atoms with E-state index in [2.05, 4.69) is 10.0 Å². The first-order chi connectivity index (χ1) is 16.7. The number of sulfonamides is 1. The highest BCUT2D eigenvalue weighted by Gasteiger charge is 2.18. The lowest BCUT2D eigenvalue weighted by atomic mass is 10.2. The first-order valence-electron chi connectivity index (χ1n) is 10.4. The third-order valence-corrected chi connectivity index (χ3v) is 6.41. The molecule has 0 unspecified atom stereocenters. The number of amides is 2. The molecule has 0 atom stereocenters. The average Bonchev–Trinajstić information content (AvgIpc) is 2.85. The minimum Gasteiger partial charge on any atom is -0.497 e. The van der Waals surface area contributed by atoms with E-state index in [0.717, 1.165) is 0 Å². The third-order valence-electron chi connectivity index (χ3n) is 4.93. The Morgan fingerprint density at radius 3 is 2.23 bits per heavy atom. The Bertz CT molecular complexity index is 1270. The molecule has 184 valence electrons. The predicted molar refractivity (Wildman–Crippen MR) is 129 cm³/mol. The number of nitro benzene ring substituents is 1. The van der Waals surface area contributed by atoms with Gasteiger partial charge in [0.25, 0.3) is 5.69 Å². The number of non-ortho nitro benzene ring substituents is 1. The molecule has 3 rings (SSSR count). The van der Waals surface area contributed by atoms with Gasteiger partial charge in [0.2, 0.25) is 10.0 Å². The van der Waals surface area contributed by atoms with Crippen molar-refractivity contribution < 1.29 is 27.3 Å². The van der Waals surface area contributed by atoms with E-state index in [0.29, 0.717) is 17.1 Å². The Morgan fingerprint density at radius 1 is 1.03 bits per heavy atom. The number of anilines is 2. The number of hydrogen-bond donors (Lipinski definition) is 2. The van der Waals surface area contributed by atoms with Crippen LogP contribution in [0.15, 0.2) is 77.7 Å². The van der Waals surface area contributed by atoms with Crippen molar-refractivity contribution in [3.63, 3.8) is 0 Å². The summed E-state index contributed by atoms with van der Waals surface area (Å²) >= 11 is 0. The lowest BCUT2D eigenvalue weighted by Crippen LogP contribution is -2.37. The van der Waals surface area contributed by atoms with E-state index < -0.39 is 26.8 Å². The van der Waals surface area contributed by atoms with Crippen LogP contribution < -0.4 is 19.7 Å². The summed E-state index contributed by atoms with van der Waals surface area (Å²) in [5.41, 5.74) is 0.597. The molecule has 10 nitrogen and oxygen atoms in total. The summed E-state index contributed by atoms with van der Waals surface area (Å²) < 4.78 is 45.9. The molecule has 0 aliphatic rings. The van der Waals surface area contributed by atoms with E-state index >= 15 is 0 Å². The first kappa shape index (κ1) is 25.6. The molecule has 2 N–H and O–H groups in total. The van der Waals surface area contributed by atoms with Crippen LogP contribution in [0.2, 0.25) is 0 Å². The van der Waals surface area contributed by atoms with Gasteiger partial charge in [0.15, 0.2) is 0 Å². The minimum atomic E-state index is -3.76. The number of urea groups is 1. The van der Waals surface area contributed by atoms with Gasteiger partial charge in [-0.15, -0.1) is 0 Å². The maximum Gasteiger partial charge on any atom is 0.326 e. The number of nitro groups is 1. The Labute approximate surface area is 201 Å². The van der Waals surface area contributed by atoms with Crippen LogP contribution in [0, 0.1) is 15.9 Å². The number of methoxy groups -OCH3 is 1. The van der Waals surface area contributed by atoms with E-state index in [1.54, 1.807) is 0 Å². The van der Waals surface area contributed by atoms with Crippen molar-refractivity contribution in [2.24, 2.45) is 0 Å². The summed E-state index contributed by atoms with van der Waals surface area (Å²) in [5.74, 6) is 0.0506. The molecule has 3 aromatic carbocycles. The van der Waals surface area contributed by atoms with Crippen LogP contribution in [0.5, 0.6) is 5.75 Å². The minimum absolute atomic E-state index is 0.0386. The largest absolute Gasteiger partial charge is 0.497 e. The fourth-order valence-corrected chi connectivity index (χ4v) is 4.18. The van der Waals surface area contributed by atoms with E-state index in [9.17, 15) is 27.7 Å². The van der Waals surface area contributed by atoms with Gasteiger partial charge in [-0.1, -0.05) is 0 Å². The highest BCUT2D eigenvalue weighted by Crippen LogP contribution is 2.20. The zero-order valence-corrected chi connectivity index (χ0v) is 19.5. The number of rotatable bonds is 10. The van der Waals surface area contributed by atoms with E-state index in [1.165, 1.54) is 84.8 Å². The summed E-state index contributed by atoms with van der Waals surface area (Å²) in [4.78, 5) is 24.6. The molecule has 35 heavy (non-hydrogen) atoms. The SMILES string of the molecule is COc1ccc(S(=O)(=O)NCCCN(C(=O)Nc2ccc([N+](=O)[O-])cc2)c2ccc(F)cc2)cc1. The summed E-state index contributed by atoms with van der Waals surface area (Å²) in [6.45, 7) is 0.145. The van der Waals surface area contributed by atoms with Crippen LogP contribution in [0.3, 0.4) is 0 Å². The standard InChI is InChI=1S/C23H23FN4O6S/c1-34-21-11-13-22(14-12-21)35(32,33)25-15-2-16-27(19-7-3-17(24)4-8-19)23(29)26-18-5-9-20(10-6-18)28(30)31/h3-14,25H,2,15-16H2,1H3,(H,26,29). The number of carbonyl (C=O) groups is 1. The predicted octanol–water partition coefficient (Wildman–Crippen LogP) is 4.15. The van der Waals surface area contributed by atoms with Gasteiger partial charge in [0.05, 0.1) is 16.9 Å². The second-order valence-corrected chi connectivity index (χ2v) is 9.06. The van der Waals surface area contributed by atoms with Gasteiger partial charge in [-0.05, 0) is 67.1 Å². The van der Waals surface area contributed by atoms with Gasteiger partial charge in [0, 0.05) is 36.6 Å². The fourth-order valence-electron chi connectivity index (χ4n) is 3.11. The van der Waals surface area contributed by atoms with Crippen molar-refractivity contribution in [1.82, 2.24) is 4.72 Å². The van der Waals surface area contributed by atoms with Crippen LogP contribution in [-0.4, -0.2) is 39.6 Å². The van der Waals surface area contributed by atoms with Crippen LogP contribution in [0.1, 0.15) is 6.42 Å². The van der Waals surface area contributed by atoms with Crippen molar-refractivity contribution in [3.05, 3.63) is 88.7 Å². The number of carbonyl (C=O) groups excluding carboxylic acids is 1. The molecule has 0 aromatic heterocycles. The molecule has 0 fully saturated rings. The smallest absolute Gasteiger partial charge is 0.326 e. The van der Waals surface area contributed by atoms with Gasteiger partial charge in [0.1, 0.15) is 11.6 Å². The Balaban J connectivity index is 1.66. The van der Waals surface area contributed by atoms with Gasteiger partial charge in [-0.3, -0.25) is 15.0 Å². The molecule has 0 aliphatic carbocycles. The maximum absolute atomic E-state index is 13.4. The molecule has 0 saturated heterocycles. The van der Waals surface area contributed by atoms with Gasteiger partial charge < -0.3 is 10.1 Å². The van der Waals surface area contributed by atoms with Crippen molar-refractivity contribution in [3.8, 4) is 5.75 Å². The quantitative estimate of drug-likeness (QED) is 0.243. The number of hydrogen-bond acceptors (Lipinski definition) is 6. The van der Waals surface area contributed by atoms with Gasteiger partial charge >= 0.3 is 6.03 Å². The number of ether oxygens (including phenoxy) is 1. The van der Waals surface area contributed by atoms with E-state index in [1.807, 2.05) is 0 Å². The molecule has 2 amide bonds. The molecule has 12 heteroatoms. The highest BCUT2D eigenvalue weighted by molar-refractivity contribution is 7.89. The fraction of sp³-hybridized carbons (Fsp3) is 0.174. The van der Waals surface area contributed by atoms with Crippen LogP contribution >= 0.6 is 0 Å². The van der Waals surface area contributed by atoms with E-state index in [4.69, 9.17) is 4.74 Å². The van der Waals surface area contributed by atoms with Crippen LogP contribution in [-0.2, 0) is 10.0 Å². The van der Waals surface area contributed by atoms with Crippen molar-refractivity contribution in [1.29, 1.82) is 0 Å². The summed E-state index contributed by atoms with van der Waals surface area (Å²) in [6, 6.07) is 15.9. The average molecular weight is 503 g/mol. The van der Waals surface area contributed by atoms with Crippen molar-refractivity contribution in [2.45, 2.75) is 11.3 Å². The normalized spacial score (nSPS) is 11.0. The molecule has 0 heterocycles. The molecule has 0 bridgehead atoms. The molecular weight excluding hydrogens is 479 g/mol. The third kappa shape index (κ3) is 6.98.